The maximum atomic E-state index is 12.7. The largest absolute Gasteiger partial charge is 0.465 e. The van der Waals surface area contributed by atoms with Crippen LogP contribution in [0.5, 0.6) is 0 Å². The maximum Gasteiger partial charge on any atom is 0.403 e. The number of alkyl halides is 3. The molecule has 1 aliphatic heterocycles. The van der Waals surface area contributed by atoms with Crippen molar-refractivity contribution in [3.05, 3.63) is 35.4 Å². The number of carbonyl (C=O) groups excluding carboxylic acids is 2. The lowest BCUT2D eigenvalue weighted by molar-refractivity contribution is -0.181. The first-order chi connectivity index (χ1) is 11.2. The van der Waals surface area contributed by atoms with Crippen LogP contribution in [0.15, 0.2) is 24.3 Å². The molecule has 1 saturated heterocycles. The molecule has 5 nitrogen and oxygen atoms in total. The van der Waals surface area contributed by atoms with Gasteiger partial charge < -0.3 is 9.64 Å². The van der Waals surface area contributed by atoms with Gasteiger partial charge in [0, 0.05) is 31.7 Å². The molecule has 0 saturated carbocycles. The van der Waals surface area contributed by atoms with Crippen molar-refractivity contribution in [1.29, 1.82) is 0 Å². The summed E-state index contributed by atoms with van der Waals surface area (Å²) in [6, 6.07) is 4.48. The number of esters is 1. The number of amides is 1. The number of methoxy groups -OCH3 is 1. The quantitative estimate of drug-likeness (QED) is 0.789. The van der Waals surface area contributed by atoms with Crippen molar-refractivity contribution in [2.75, 3.05) is 33.3 Å². The summed E-state index contributed by atoms with van der Waals surface area (Å²) in [5.41, 5.74) is 0.720. The highest BCUT2D eigenvalue weighted by molar-refractivity contribution is 5.96. The number of carbonyl (C=O) groups is 2. The van der Waals surface area contributed by atoms with Crippen molar-refractivity contribution in [3.63, 3.8) is 0 Å². The topological polar surface area (TPSA) is 49.9 Å². The van der Waals surface area contributed by atoms with Crippen molar-refractivity contribution in [2.45, 2.75) is 19.1 Å². The zero-order valence-electron chi connectivity index (χ0n) is 13.5. The molecule has 1 fully saturated rings. The van der Waals surface area contributed by atoms with E-state index in [1.54, 1.807) is 0 Å². The van der Waals surface area contributed by atoms with Crippen LogP contribution in [0.1, 0.15) is 27.6 Å². The Balaban J connectivity index is 1.96. The van der Waals surface area contributed by atoms with E-state index in [0.29, 0.717) is 11.1 Å². The fraction of sp³-hybridized carbons (Fsp3) is 0.500. The molecule has 1 heterocycles. The Kier molecular flexibility index (Phi) is 5.48. The molecule has 0 spiro atoms. The van der Waals surface area contributed by atoms with Crippen molar-refractivity contribution in [1.82, 2.24) is 9.80 Å². The van der Waals surface area contributed by atoms with Gasteiger partial charge >= 0.3 is 12.1 Å². The molecule has 2 rings (SSSR count). The molecule has 132 valence electrons. The van der Waals surface area contributed by atoms with Crippen molar-refractivity contribution in [3.8, 4) is 0 Å². The summed E-state index contributed by atoms with van der Waals surface area (Å²) in [6.45, 7) is 1.94. The lowest BCUT2D eigenvalue weighted by Gasteiger charge is -2.38. The fourth-order valence-electron chi connectivity index (χ4n) is 2.57. The standard InChI is InChI=1S/C16H19F3N2O3/c1-11(16(17,18)19)20-7-9-21(10-8-20)14(22)12-3-5-13(6-4-12)15(23)24-2/h3-6,11H,7-10H2,1-2H3/t11-/m0/s1. The van der Waals surface area contributed by atoms with Crippen LogP contribution in [0.25, 0.3) is 0 Å². The lowest BCUT2D eigenvalue weighted by Crippen LogP contribution is -2.54. The highest BCUT2D eigenvalue weighted by atomic mass is 19.4. The maximum absolute atomic E-state index is 12.7. The molecule has 1 aromatic rings. The van der Waals surface area contributed by atoms with Crippen LogP contribution < -0.4 is 0 Å². The number of hydrogen-bond acceptors (Lipinski definition) is 4. The van der Waals surface area contributed by atoms with Crippen molar-refractivity contribution in [2.24, 2.45) is 0 Å². The summed E-state index contributed by atoms with van der Waals surface area (Å²) in [5.74, 6) is -0.755. The van der Waals surface area contributed by atoms with Gasteiger partial charge in [0.25, 0.3) is 5.91 Å². The minimum absolute atomic E-state index is 0.173. The van der Waals surface area contributed by atoms with Gasteiger partial charge in [-0.3, -0.25) is 9.69 Å². The SMILES string of the molecule is COC(=O)c1ccc(C(=O)N2CCN([C@@H](C)C(F)(F)F)CC2)cc1. The van der Waals surface area contributed by atoms with Crippen LogP contribution in [0, 0.1) is 0 Å². The minimum atomic E-state index is -4.27. The summed E-state index contributed by atoms with van der Waals surface area (Å²) in [4.78, 5) is 26.6. The summed E-state index contributed by atoms with van der Waals surface area (Å²) in [6.07, 6.45) is -4.27. The molecule has 0 aliphatic carbocycles. The normalized spacial score (nSPS) is 17.5. The Morgan fingerprint density at radius 3 is 2.00 bits per heavy atom. The second kappa shape index (κ2) is 7.21. The van der Waals surface area contributed by atoms with E-state index in [1.807, 2.05) is 0 Å². The van der Waals surface area contributed by atoms with Crippen LogP contribution in [-0.2, 0) is 4.74 Å². The molecular weight excluding hydrogens is 325 g/mol. The summed E-state index contributed by atoms with van der Waals surface area (Å²) < 4.78 is 42.8. The van der Waals surface area contributed by atoms with Crippen molar-refractivity contribution < 1.29 is 27.5 Å². The number of hydrogen-bond donors (Lipinski definition) is 0. The molecule has 0 N–H and O–H groups in total. The van der Waals surface area contributed by atoms with E-state index in [4.69, 9.17) is 0 Å². The minimum Gasteiger partial charge on any atom is -0.465 e. The van der Waals surface area contributed by atoms with Crippen LogP contribution in [0.2, 0.25) is 0 Å². The molecule has 1 amide bonds. The average molecular weight is 344 g/mol. The molecule has 0 aromatic heterocycles. The molecule has 1 aromatic carbocycles. The number of piperazine rings is 1. The highest BCUT2D eigenvalue weighted by Gasteiger charge is 2.41. The van der Waals surface area contributed by atoms with Gasteiger partial charge in [0.1, 0.15) is 6.04 Å². The molecular formula is C16H19F3N2O3. The predicted molar refractivity (Wildman–Crippen MR) is 80.8 cm³/mol. The van der Waals surface area contributed by atoms with Gasteiger partial charge in [-0.25, -0.2) is 4.79 Å². The third-order valence-electron chi connectivity index (χ3n) is 4.18. The van der Waals surface area contributed by atoms with Crippen molar-refractivity contribution >= 4 is 11.9 Å². The molecule has 1 atom stereocenters. The van der Waals surface area contributed by atoms with Gasteiger partial charge in [-0.15, -0.1) is 0 Å². The fourth-order valence-corrected chi connectivity index (χ4v) is 2.57. The second-order valence-electron chi connectivity index (χ2n) is 5.61. The Morgan fingerprint density at radius 2 is 1.54 bits per heavy atom. The first-order valence-corrected chi connectivity index (χ1v) is 7.52. The van der Waals surface area contributed by atoms with Gasteiger partial charge in [0.05, 0.1) is 12.7 Å². The number of ether oxygens (including phenoxy) is 1. The second-order valence-corrected chi connectivity index (χ2v) is 5.61. The highest BCUT2D eigenvalue weighted by Crippen LogP contribution is 2.25. The van der Waals surface area contributed by atoms with Gasteiger partial charge in [-0.2, -0.15) is 13.2 Å². The monoisotopic (exact) mass is 344 g/mol. The lowest BCUT2D eigenvalue weighted by atomic mass is 10.1. The van der Waals surface area contributed by atoms with E-state index in [2.05, 4.69) is 4.74 Å². The number of nitrogens with zero attached hydrogens (tertiary/aromatic N) is 2. The zero-order chi connectivity index (χ0) is 17.9. The first-order valence-electron chi connectivity index (χ1n) is 7.52. The molecule has 8 heteroatoms. The van der Waals surface area contributed by atoms with E-state index in [9.17, 15) is 22.8 Å². The van der Waals surface area contributed by atoms with Crippen LogP contribution >= 0.6 is 0 Å². The summed E-state index contributed by atoms with van der Waals surface area (Å²) >= 11 is 0. The number of benzene rings is 1. The van der Waals surface area contributed by atoms with E-state index in [0.717, 1.165) is 6.92 Å². The Hall–Kier alpha value is -2.09. The summed E-state index contributed by atoms with van der Waals surface area (Å²) in [5, 5.41) is 0. The Bertz CT molecular complexity index is 594. The van der Waals surface area contributed by atoms with E-state index in [1.165, 1.54) is 41.2 Å². The van der Waals surface area contributed by atoms with E-state index >= 15 is 0 Å². The molecule has 1 aliphatic rings. The van der Waals surface area contributed by atoms with Gasteiger partial charge in [0.2, 0.25) is 0 Å². The third-order valence-corrected chi connectivity index (χ3v) is 4.18. The first kappa shape index (κ1) is 18.3. The van der Waals surface area contributed by atoms with Gasteiger partial charge in [-0.05, 0) is 31.2 Å². The molecule has 0 bridgehead atoms. The summed E-state index contributed by atoms with van der Waals surface area (Å²) in [7, 11) is 1.27. The van der Waals surface area contributed by atoms with E-state index in [-0.39, 0.29) is 32.1 Å². The number of rotatable bonds is 3. The average Bonchev–Trinajstić information content (AvgIpc) is 2.59. The zero-order valence-corrected chi connectivity index (χ0v) is 13.5. The Morgan fingerprint density at radius 1 is 1.04 bits per heavy atom. The van der Waals surface area contributed by atoms with Gasteiger partial charge in [0.15, 0.2) is 0 Å². The van der Waals surface area contributed by atoms with Crippen LogP contribution in [0.3, 0.4) is 0 Å². The van der Waals surface area contributed by atoms with Gasteiger partial charge in [-0.1, -0.05) is 0 Å². The molecule has 24 heavy (non-hydrogen) atoms. The Labute approximate surface area is 138 Å². The molecule has 0 radical (unpaired) electrons. The smallest absolute Gasteiger partial charge is 0.403 e. The van der Waals surface area contributed by atoms with E-state index < -0.39 is 18.2 Å². The van der Waals surface area contributed by atoms with Crippen LogP contribution in [0.4, 0.5) is 13.2 Å². The molecule has 0 unspecified atom stereocenters. The number of halogens is 3. The van der Waals surface area contributed by atoms with Crippen LogP contribution in [-0.4, -0.2) is 67.2 Å². The predicted octanol–water partition coefficient (Wildman–Crippen LogP) is 2.18. The third kappa shape index (κ3) is 4.05.